The van der Waals surface area contributed by atoms with Crippen LogP contribution in [0.25, 0.3) is 10.9 Å². The molecule has 98 valence electrons. The summed E-state index contributed by atoms with van der Waals surface area (Å²) in [5.74, 6) is 0. The number of nitrogen functional groups attached to an aromatic ring is 1. The lowest BCUT2D eigenvalue weighted by molar-refractivity contribution is -0.163. The van der Waals surface area contributed by atoms with Crippen LogP contribution >= 0.6 is 0 Å². The summed E-state index contributed by atoms with van der Waals surface area (Å²) in [7, 11) is 0. The molecule has 0 fully saturated rings. The van der Waals surface area contributed by atoms with Crippen molar-refractivity contribution in [3.63, 3.8) is 0 Å². The topological polar surface area (TPSA) is 52.9 Å². The second-order valence-electron chi connectivity index (χ2n) is 3.96. The lowest BCUT2D eigenvalue weighted by atomic mass is 10.2. The van der Waals surface area contributed by atoms with Gasteiger partial charge in [0, 0.05) is 23.5 Å². The maximum atomic E-state index is 12.7. The predicted octanol–water partition coefficient (Wildman–Crippen LogP) is 2.05. The zero-order valence-corrected chi connectivity index (χ0v) is 9.32. The average molecular weight is 262 g/mol. The fourth-order valence-electron chi connectivity index (χ4n) is 1.75. The molecule has 0 aliphatic heterocycles. The van der Waals surface area contributed by atoms with E-state index in [9.17, 15) is 18.0 Å². The van der Waals surface area contributed by atoms with E-state index in [0.717, 1.165) is 30.0 Å². The van der Waals surface area contributed by atoms with Crippen molar-refractivity contribution >= 4 is 16.6 Å². The number of pyridine rings is 1. The van der Waals surface area contributed by atoms with Crippen LogP contribution in [-0.4, -0.2) is 15.3 Å². The van der Waals surface area contributed by atoms with Gasteiger partial charge in [-0.1, -0.05) is 0 Å². The minimum atomic E-state index is -4.60. The minimum absolute atomic E-state index is 0.0249. The highest BCUT2D eigenvalue weighted by Gasteiger charge is 2.38. The summed E-state index contributed by atoms with van der Waals surface area (Å²) in [4.78, 5) is 12.2. The molecule has 2 aromatic rings. The third kappa shape index (κ3) is 1.75. The van der Waals surface area contributed by atoms with Crippen molar-refractivity contribution in [2.24, 2.45) is 6.98 Å². The van der Waals surface area contributed by atoms with E-state index in [-0.39, 0.29) is 16.6 Å². The Labute approximate surface area is 105 Å². The summed E-state index contributed by atoms with van der Waals surface area (Å²) >= 11 is 0. The van der Waals surface area contributed by atoms with Crippen LogP contribution in [0.5, 0.6) is 0 Å². The van der Waals surface area contributed by atoms with E-state index in [2.05, 4.69) is 0 Å². The van der Waals surface area contributed by atoms with Gasteiger partial charge in [-0.25, -0.2) is 0 Å². The zero-order chi connectivity index (χ0) is 16.2. The Bertz CT molecular complexity index is 745. The highest BCUT2D eigenvalue weighted by atomic mass is 19.4. The largest absolute Gasteiger partial charge is 0.408 e. The lowest BCUT2D eigenvalue weighted by Crippen LogP contribution is -2.32. The highest BCUT2D eigenvalue weighted by molar-refractivity contribution is 5.90. The molecule has 2 rings (SSSR count). The Balaban J connectivity index is 2.76. The van der Waals surface area contributed by atoms with E-state index in [0.29, 0.717) is 4.57 Å². The van der Waals surface area contributed by atoms with Crippen LogP contribution in [0.4, 0.5) is 18.9 Å². The summed E-state index contributed by atoms with van der Waals surface area (Å²) in [6.45, 7) is -1.74. The summed E-state index contributed by atoms with van der Waals surface area (Å²) in [6, 6.07) is -0.897. The van der Waals surface area contributed by atoms with Gasteiger partial charge in [0.15, 0.2) is 0 Å². The van der Waals surface area contributed by atoms with Gasteiger partial charge >= 0.3 is 6.18 Å². The van der Waals surface area contributed by atoms with Crippen LogP contribution in [0, 0.1) is 0 Å². The van der Waals surface area contributed by atoms with E-state index in [4.69, 9.17) is 9.85 Å². The number of aryl methyl sites for hydroxylation is 1. The Kier molecular flexibility index (Phi) is 1.91. The van der Waals surface area contributed by atoms with E-state index in [1.54, 1.807) is 0 Å². The minimum Gasteiger partial charge on any atom is -0.397 e. The van der Waals surface area contributed by atoms with Crippen molar-refractivity contribution in [3.05, 3.63) is 28.8 Å². The number of halogens is 3. The van der Waals surface area contributed by atoms with E-state index >= 15 is 0 Å². The van der Waals surface area contributed by atoms with Crippen molar-refractivity contribution in [1.29, 1.82) is 0 Å². The Morgan fingerprint density at radius 2 is 2.17 bits per heavy atom. The van der Waals surface area contributed by atoms with Crippen LogP contribution < -0.4 is 11.3 Å². The number of nitrogens with zero attached hydrogens (tertiary/aromatic N) is 2. The number of hydrogen-bond acceptors (Lipinski definition) is 2. The normalized spacial score (nSPS) is 17.2. The van der Waals surface area contributed by atoms with Gasteiger partial charge in [-0.15, -0.1) is 0 Å². The van der Waals surface area contributed by atoms with Gasteiger partial charge < -0.3 is 14.9 Å². The second kappa shape index (κ2) is 3.79. The molecule has 1 atom stereocenters. The molecule has 0 aromatic carbocycles. The van der Waals surface area contributed by atoms with Gasteiger partial charge in [0.2, 0.25) is 0 Å². The van der Waals surface area contributed by atoms with Crippen molar-refractivity contribution in [2.45, 2.75) is 19.1 Å². The predicted molar refractivity (Wildman–Crippen MR) is 62.4 cm³/mol. The number of alkyl halides is 3. The van der Waals surface area contributed by atoms with Gasteiger partial charge in [0.05, 0.1) is 16.6 Å². The zero-order valence-electron chi connectivity index (χ0n) is 12.3. The third-order valence-corrected chi connectivity index (χ3v) is 2.80. The van der Waals surface area contributed by atoms with Gasteiger partial charge in [0.1, 0.15) is 6.04 Å². The van der Waals surface area contributed by atoms with Crippen molar-refractivity contribution in [1.82, 2.24) is 9.13 Å². The van der Waals surface area contributed by atoms with Crippen LogP contribution in [-0.2, 0) is 6.98 Å². The molecule has 18 heavy (non-hydrogen) atoms. The van der Waals surface area contributed by atoms with Crippen LogP contribution in [0.2, 0.25) is 0 Å². The lowest BCUT2D eigenvalue weighted by Gasteiger charge is -2.18. The van der Waals surface area contributed by atoms with E-state index < -0.39 is 24.8 Å². The SMILES string of the molecule is [2H]C([2H])([2H])n1cc(N)c2c(=O)n(C(C)C(F)(F)F)ccc21. The van der Waals surface area contributed by atoms with Crippen LogP contribution in [0.3, 0.4) is 0 Å². The van der Waals surface area contributed by atoms with Crippen molar-refractivity contribution < 1.29 is 17.3 Å². The van der Waals surface area contributed by atoms with Crippen LogP contribution in [0.15, 0.2) is 23.3 Å². The first-order valence-electron chi connectivity index (χ1n) is 6.53. The van der Waals surface area contributed by atoms with Gasteiger partial charge in [-0.3, -0.25) is 4.79 Å². The fourth-order valence-corrected chi connectivity index (χ4v) is 1.75. The van der Waals surface area contributed by atoms with Crippen molar-refractivity contribution in [2.75, 3.05) is 5.73 Å². The second-order valence-corrected chi connectivity index (χ2v) is 3.96. The summed E-state index contributed by atoms with van der Waals surface area (Å²) < 4.78 is 61.4. The van der Waals surface area contributed by atoms with Gasteiger partial charge in [-0.05, 0) is 13.0 Å². The number of aromatic nitrogens is 2. The molecule has 7 heteroatoms. The maximum Gasteiger partial charge on any atom is 0.408 e. The molecule has 2 N–H and O–H groups in total. The number of hydrogen-bond donors (Lipinski definition) is 1. The molecule has 0 aliphatic carbocycles. The molecular formula is C11H12F3N3O. The molecular weight excluding hydrogens is 247 g/mol. The van der Waals surface area contributed by atoms with Crippen molar-refractivity contribution in [3.8, 4) is 0 Å². The van der Waals surface area contributed by atoms with E-state index in [1.165, 1.54) is 0 Å². The smallest absolute Gasteiger partial charge is 0.397 e. The fraction of sp³-hybridized carbons (Fsp3) is 0.364. The molecule has 0 bridgehead atoms. The summed E-state index contributed by atoms with van der Waals surface area (Å²) in [5.41, 5.74) is 4.42. The molecule has 0 amide bonds. The molecule has 2 heterocycles. The number of fused-ring (bicyclic) bond motifs is 1. The molecule has 4 nitrogen and oxygen atoms in total. The summed E-state index contributed by atoms with van der Waals surface area (Å²) in [5, 5.41) is -0.232. The first-order chi connectivity index (χ1) is 9.44. The highest BCUT2D eigenvalue weighted by Crippen LogP contribution is 2.29. The maximum absolute atomic E-state index is 12.7. The number of anilines is 1. The Hall–Kier alpha value is -1.92. The van der Waals surface area contributed by atoms with Gasteiger partial charge in [-0.2, -0.15) is 13.2 Å². The van der Waals surface area contributed by atoms with Gasteiger partial charge in [0.25, 0.3) is 5.56 Å². The average Bonchev–Trinajstić information content (AvgIpc) is 2.66. The standard InChI is InChI=1S/C11H12F3N3O/c1-6(11(12,13)14)17-4-3-8-9(10(17)18)7(15)5-16(8)2/h3-6H,15H2,1-2H3/i2D3. The Morgan fingerprint density at radius 3 is 2.72 bits per heavy atom. The molecule has 1 unspecified atom stereocenters. The first-order valence-corrected chi connectivity index (χ1v) is 5.03. The monoisotopic (exact) mass is 262 g/mol. The quantitative estimate of drug-likeness (QED) is 0.855. The molecule has 0 aliphatic rings. The Morgan fingerprint density at radius 1 is 1.50 bits per heavy atom. The number of nitrogens with two attached hydrogens (primary N) is 1. The molecule has 2 aromatic heterocycles. The molecule has 0 saturated carbocycles. The molecule has 0 radical (unpaired) electrons. The first kappa shape index (κ1) is 9.07. The number of rotatable bonds is 1. The molecule has 0 saturated heterocycles. The van der Waals surface area contributed by atoms with E-state index in [1.807, 2.05) is 0 Å². The summed E-state index contributed by atoms with van der Waals surface area (Å²) in [6.07, 6.45) is -2.65. The van der Waals surface area contributed by atoms with Crippen LogP contribution in [0.1, 0.15) is 17.1 Å². The third-order valence-electron chi connectivity index (χ3n) is 2.80. The molecule has 0 spiro atoms.